The van der Waals surface area contributed by atoms with E-state index >= 15 is 0 Å². The number of esters is 1. The van der Waals surface area contributed by atoms with Gasteiger partial charge >= 0.3 is 5.97 Å². The van der Waals surface area contributed by atoms with E-state index in [4.69, 9.17) is 5.11 Å². The molecule has 6 heteroatoms. The van der Waals surface area contributed by atoms with E-state index in [1.54, 1.807) is 18.3 Å². The summed E-state index contributed by atoms with van der Waals surface area (Å²) >= 11 is 0. The molecule has 0 atom stereocenters. The Hall–Kier alpha value is -2.21. The first-order chi connectivity index (χ1) is 9.15. The van der Waals surface area contributed by atoms with Gasteiger partial charge in [-0.2, -0.15) is 5.10 Å². The second-order valence-electron chi connectivity index (χ2n) is 3.94. The van der Waals surface area contributed by atoms with Crippen LogP contribution in [0.3, 0.4) is 0 Å². The molecule has 1 aromatic heterocycles. The van der Waals surface area contributed by atoms with Crippen LogP contribution < -0.4 is 0 Å². The van der Waals surface area contributed by atoms with E-state index in [0.29, 0.717) is 11.1 Å². The third-order valence-corrected chi connectivity index (χ3v) is 2.71. The van der Waals surface area contributed by atoms with E-state index < -0.39 is 11.8 Å². The first-order valence-corrected chi connectivity index (χ1v) is 5.63. The van der Waals surface area contributed by atoms with Crippen molar-refractivity contribution in [2.75, 3.05) is 7.11 Å². The van der Waals surface area contributed by atoms with Gasteiger partial charge in [-0.25, -0.2) is 4.39 Å². The molecule has 100 valence electrons. The van der Waals surface area contributed by atoms with Crippen molar-refractivity contribution in [3.8, 4) is 11.1 Å². The predicted molar refractivity (Wildman–Crippen MR) is 65.6 cm³/mol. The largest absolute Gasteiger partial charge is 0.468 e. The highest BCUT2D eigenvalue weighted by molar-refractivity contribution is 5.69. The average Bonchev–Trinajstić information content (AvgIpc) is 2.87. The Labute approximate surface area is 109 Å². The molecule has 0 aliphatic rings. The average molecular weight is 264 g/mol. The Morgan fingerprint density at radius 2 is 2.32 bits per heavy atom. The molecule has 0 amide bonds. The predicted octanol–water partition coefficient (Wildman–Crippen LogP) is 1.35. The first-order valence-electron chi connectivity index (χ1n) is 5.63. The standard InChI is InChI=1S/C13H13FN2O3/c1-19-12(18)7-16-6-10(5-15-16)11-4-2-3-9(8-17)13(11)14/h2-6,17H,7-8H2,1H3. The number of ether oxygens (including phenoxy) is 1. The summed E-state index contributed by atoms with van der Waals surface area (Å²) in [6.45, 7) is -0.395. The molecule has 0 saturated carbocycles. The first kappa shape index (κ1) is 13.2. The van der Waals surface area contributed by atoms with Crippen LogP contribution in [0.25, 0.3) is 11.1 Å². The van der Waals surface area contributed by atoms with Crippen LogP contribution in [0, 0.1) is 5.82 Å². The van der Waals surface area contributed by atoms with Crippen molar-refractivity contribution >= 4 is 5.97 Å². The maximum atomic E-state index is 14.0. The van der Waals surface area contributed by atoms with Crippen LogP contribution in [0.1, 0.15) is 5.56 Å². The number of benzene rings is 1. The molecule has 19 heavy (non-hydrogen) atoms. The van der Waals surface area contributed by atoms with Gasteiger partial charge in [-0.1, -0.05) is 18.2 Å². The van der Waals surface area contributed by atoms with Crippen molar-refractivity contribution in [2.45, 2.75) is 13.2 Å². The van der Waals surface area contributed by atoms with Gasteiger partial charge in [0.1, 0.15) is 12.4 Å². The van der Waals surface area contributed by atoms with Crippen LogP contribution in [0.15, 0.2) is 30.6 Å². The molecular formula is C13H13FN2O3. The molecule has 0 aliphatic heterocycles. The van der Waals surface area contributed by atoms with Crippen LogP contribution in [0.2, 0.25) is 0 Å². The zero-order valence-corrected chi connectivity index (χ0v) is 10.3. The lowest BCUT2D eigenvalue weighted by molar-refractivity contribution is -0.141. The van der Waals surface area contributed by atoms with Crippen LogP contribution >= 0.6 is 0 Å². The van der Waals surface area contributed by atoms with Gasteiger partial charge in [0, 0.05) is 22.9 Å². The number of aliphatic hydroxyl groups excluding tert-OH is 1. The van der Waals surface area contributed by atoms with Gasteiger partial charge in [-0.05, 0) is 0 Å². The molecule has 2 aromatic rings. The monoisotopic (exact) mass is 264 g/mol. The minimum absolute atomic E-state index is 0.0300. The van der Waals surface area contributed by atoms with E-state index in [1.807, 2.05) is 0 Å². The molecular weight excluding hydrogens is 251 g/mol. The van der Waals surface area contributed by atoms with Crippen molar-refractivity contribution in [2.24, 2.45) is 0 Å². The number of halogens is 1. The number of hydrogen-bond acceptors (Lipinski definition) is 4. The molecule has 5 nitrogen and oxygen atoms in total. The lowest BCUT2D eigenvalue weighted by Crippen LogP contribution is -2.11. The third kappa shape index (κ3) is 2.79. The van der Waals surface area contributed by atoms with E-state index in [2.05, 4.69) is 9.84 Å². The molecule has 1 N–H and O–H groups in total. The van der Waals surface area contributed by atoms with Gasteiger partial charge in [-0.15, -0.1) is 0 Å². The Morgan fingerprint density at radius 3 is 3.00 bits per heavy atom. The molecule has 0 radical (unpaired) electrons. The van der Waals surface area contributed by atoms with Crippen molar-refractivity contribution in [3.63, 3.8) is 0 Å². The molecule has 0 spiro atoms. The molecule has 2 rings (SSSR count). The second kappa shape index (κ2) is 5.62. The second-order valence-corrected chi connectivity index (χ2v) is 3.94. The number of carbonyl (C=O) groups excluding carboxylic acids is 1. The molecule has 0 bridgehead atoms. The number of methoxy groups -OCH3 is 1. The molecule has 0 unspecified atom stereocenters. The van der Waals surface area contributed by atoms with Gasteiger partial charge in [0.25, 0.3) is 0 Å². The number of carbonyl (C=O) groups is 1. The Balaban J connectivity index is 2.30. The van der Waals surface area contributed by atoms with Crippen LogP contribution in [0.4, 0.5) is 4.39 Å². The van der Waals surface area contributed by atoms with Gasteiger partial charge in [0.05, 0.1) is 19.9 Å². The molecule has 0 fully saturated rings. The van der Waals surface area contributed by atoms with Crippen molar-refractivity contribution in [3.05, 3.63) is 42.0 Å². The van der Waals surface area contributed by atoms with E-state index in [1.165, 1.54) is 24.1 Å². The summed E-state index contributed by atoms with van der Waals surface area (Å²) in [5.41, 5.74) is 1.09. The quantitative estimate of drug-likeness (QED) is 0.847. The van der Waals surface area contributed by atoms with Crippen molar-refractivity contribution < 1.29 is 19.0 Å². The summed E-state index contributed by atoms with van der Waals surface area (Å²) in [6.07, 6.45) is 3.01. The summed E-state index contributed by atoms with van der Waals surface area (Å²) in [6, 6.07) is 4.76. The minimum atomic E-state index is -0.484. The normalized spacial score (nSPS) is 10.5. The fraction of sp³-hybridized carbons (Fsp3) is 0.231. The van der Waals surface area contributed by atoms with Crippen LogP contribution in [-0.4, -0.2) is 28.0 Å². The minimum Gasteiger partial charge on any atom is -0.468 e. The van der Waals surface area contributed by atoms with E-state index in [9.17, 15) is 9.18 Å². The van der Waals surface area contributed by atoms with Gasteiger partial charge in [0.15, 0.2) is 0 Å². The summed E-state index contributed by atoms with van der Waals surface area (Å²) in [7, 11) is 1.29. The summed E-state index contributed by atoms with van der Waals surface area (Å²) in [5, 5.41) is 13.0. The smallest absolute Gasteiger partial charge is 0.327 e. The Morgan fingerprint density at radius 1 is 1.53 bits per heavy atom. The molecule has 1 heterocycles. The van der Waals surface area contributed by atoms with Gasteiger partial charge in [-0.3, -0.25) is 9.48 Å². The highest BCUT2D eigenvalue weighted by Crippen LogP contribution is 2.24. The maximum Gasteiger partial charge on any atom is 0.327 e. The van der Waals surface area contributed by atoms with Crippen LogP contribution in [0.5, 0.6) is 0 Å². The molecule has 0 saturated heterocycles. The number of hydrogen-bond donors (Lipinski definition) is 1. The zero-order chi connectivity index (χ0) is 13.8. The van der Waals surface area contributed by atoms with Crippen molar-refractivity contribution in [1.29, 1.82) is 0 Å². The van der Waals surface area contributed by atoms with Gasteiger partial charge in [0.2, 0.25) is 0 Å². The highest BCUT2D eigenvalue weighted by Gasteiger charge is 2.12. The SMILES string of the molecule is COC(=O)Cn1cc(-c2cccc(CO)c2F)cn1. The fourth-order valence-corrected chi connectivity index (χ4v) is 1.71. The summed E-state index contributed by atoms with van der Waals surface area (Å²) in [4.78, 5) is 11.1. The number of rotatable bonds is 4. The summed E-state index contributed by atoms with van der Waals surface area (Å²) < 4.78 is 19.9. The van der Waals surface area contributed by atoms with E-state index in [-0.39, 0.29) is 18.7 Å². The number of aromatic nitrogens is 2. The molecule has 0 aliphatic carbocycles. The maximum absolute atomic E-state index is 14.0. The Kier molecular flexibility index (Phi) is 3.91. The number of aliphatic hydroxyl groups is 1. The lowest BCUT2D eigenvalue weighted by Gasteiger charge is -2.04. The summed E-state index contributed by atoms with van der Waals surface area (Å²) in [5.74, 6) is -0.915. The lowest BCUT2D eigenvalue weighted by atomic mass is 10.1. The number of nitrogens with zero attached hydrogens (tertiary/aromatic N) is 2. The highest BCUT2D eigenvalue weighted by atomic mass is 19.1. The van der Waals surface area contributed by atoms with Gasteiger partial charge < -0.3 is 9.84 Å². The van der Waals surface area contributed by atoms with E-state index in [0.717, 1.165) is 0 Å². The zero-order valence-electron chi connectivity index (χ0n) is 10.3. The Bertz CT molecular complexity index is 595. The third-order valence-electron chi connectivity index (χ3n) is 2.71. The molecule has 1 aromatic carbocycles. The van der Waals surface area contributed by atoms with Crippen molar-refractivity contribution in [1.82, 2.24) is 9.78 Å². The topological polar surface area (TPSA) is 64.3 Å². The van der Waals surface area contributed by atoms with Crippen LogP contribution in [-0.2, 0) is 22.7 Å². The fourth-order valence-electron chi connectivity index (χ4n) is 1.71.